The molecule has 0 saturated carbocycles. The van der Waals surface area contributed by atoms with Gasteiger partial charge in [0.1, 0.15) is 5.75 Å². The number of carbonyl (C=O) groups is 1. The number of aromatic hydroxyl groups is 1. The van der Waals surface area contributed by atoms with Gasteiger partial charge in [0, 0.05) is 30.8 Å². The highest BCUT2D eigenvalue weighted by molar-refractivity contribution is 7.96. The second-order valence-corrected chi connectivity index (χ2v) is 11.2. The molecule has 200 valence electrons. The van der Waals surface area contributed by atoms with E-state index in [1.807, 2.05) is 41.9 Å². The van der Waals surface area contributed by atoms with Crippen molar-refractivity contribution >= 4 is 61.0 Å². The van der Waals surface area contributed by atoms with Gasteiger partial charge in [-0.3, -0.25) is 4.79 Å². The van der Waals surface area contributed by atoms with Crippen LogP contribution in [0.4, 0.5) is 4.79 Å². The van der Waals surface area contributed by atoms with Gasteiger partial charge in [-0.25, -0.2) is 9.97 Å². The van der Waals surface area contributed by atoms with Crippen molar-refractivity contribution in [2.45, 2.75) is 0 Å². The number of rotatable bonds is 3. The number of thiazole rings is 2. The van der Waals surface area contributed by atoms with E-state index in [0.717, 1.165) is 48.3 Å². The second-order valence-electron chi connectivity index (χ2n) is 9.09. The average Bonchev–Trinajstić information content (AvgIpc) is 3.66. The molecule has 4 aromatic carbocycles. The highest BCUT2D eigenvalue weighted by Crippen LogP contribution is 2.44. The molecular weight excluding hydrogens is 571 g/mol. The number of aromatic nitrogens is 2. The molecule has 0 aliphatic heterocycles. The highest BCUT2D eigenvalue weighted by Gasteiger charge is 2.19. The molecule has 0 aliphatic rings. The van der Waals surface area contributed by atoms with Crippen LogP contribution < -0.4 is 0 Å². The number of nitrogens with zero attached hydrogens (tertiary/aromatic N) is 5. The number of fused-ring (bicyclic) bond motifs is 2. The molecule has 0 saturated heterocycles. The van der Waals surface area contributed by atoms with E-state index in [9.17, 15) is 20.4 Å². The average molecular weight is 592 g/mol. The van der Waals surface area contributed by atoms with Crippen LogP contribution in [0.3, 0.4) is 0 Å². The number of phenolic OH excluding ortho intramolecular Hbond substituents is 1. The summed E-state index contributed by atoms with van der Waals surface area (Å²) in [4.78, 5) is 20.2. The number of hydrogen-bond acceptors (Lipinski definition) is 8. The quantitative estimate of drug-likeness (QED) is 0.202. The Kier molecular flexibility index (Phi) is 7.99. The van der Waals surface area contributed by atoms with E-state index in [0.29, 0.717) is 16.7 Å². The van der Waals surface area contributed by atoms with Crippen LogP contribution in [-0.4, -0.2) is 39.3 Å². The Hall–Kier alpha value is -4.74. The van der Waals surface area contributed by atoms with Crippen LogP contribution in [0.5, 0.6) is 5.75 Å². The van der Waals surface area contributed by atoms with Gasteiger partial charge in [-0.15, -0.1) is 22.7 Å². The van der Waals surface area contributed by atoms with Crippen molar-refractivity contribution in [3.05, 3.63) is 88.9 Å². The Labute approximate surface area is 249 Å². The van der Waals surface area contributed by atoms with Crippen LogP contribution in [0.2, 0.25) is 0 Å². The van der Waals surface area contributed by atoms with Crippen molar-refractivity contribution in [3.8, 4) is 51.3 Å². The number of phenols is 1. The molecule has 0 unspecified atom stereocenters. The Morgan fingerprint density at radius 1 is 0.805 bits per heavy atom. The monoisotopic (exact) mass is 591 g/mol. The van der Waals surface area contributed by atoms with Crippen molar-refractivity contribution in [3.63, 3.8) is 0 Å². The summed E-state index contributed by atoms with van der Waals surface area (Å²) in [6, 6.07) is 25.0. The molecule has 2 heterocycles. The van der Waals surface area contributed by atoms with Crippen LogP contribution in [-0.2, 0) is 0 Å². The van der Waals surface area contributed by atoms with Gasteiger partial charge >= 0.3 is 0 Å². The van der Waals surface area contributed by atoms with E-state index >= 15 is 0 Å². The molecule has 10 heteroatoms. The van der Waals surface area contributed by atoms with Crippen LogP contribution in [0.1, 0.15) is 11.1 Å². The minimum Gasteiger partial charge on any atom is -0.507 e. The fourth-order valence-electron chi connectivity index (χ4n) is 4.37. The summed E-state index contributed by atoms with van der Waals surface area (Å²) < 4.78 is 1.90. The van der Waals surface area contributed by atoms with E-state index in [1.165, 1.54) is 16.2 Å². The van der Waals surface area contributed by atoms with Crippen LogP contribution in [0, 0.1) is 22.7 Å². The maximum atomic E-state index is 10.7. The number of nitriles is 2. The maximum Gasteiger partial charge on any atom is 0.278 e. The first-order valence-corrected chi connectivity index (χ1v) is 14.4. The molecule has 0 atom stereocenters. The standard InChI is InChI=1S/C28H14N4OS2.C3H7NOS/c29-12-16-1-3-17(4-2-16)25-20(7-8-22-27(25)34-14-31-22)21-11-18(5-6-19(21)13-30)26-24(33)10-9-23-28(26)35-15-32-23;1-4(2)3(5)6/h1-11,14-15,33H;1-2H3,(H,5,6). The van der Waals surface area contributed by atoms with Gasteiger partial charge in [0.05, 0.1) is 54.7 Å². The zero-order chi connectivity index (χ0) is 29.1. The predicted octanol–water partition coefficient (Wildman–Crippen LogP) is 7.95. The summed E-state index contributed by atoms with van der Waals surface area (Å²) in [5.74, 6) is 0.169. The third-order valence-electron chi connectivity index (χ3n) is 6.38. The largest absolute Gasteiger partial charge is 0.507 e. The maximum absolute atomic E-state index is 10.7. The van der Waals surface area contributed by atoms with Crippen LogP contribution in [0.25, 0.3) is 53.8 Å². The number of amides is 1. The zero-order valence-electron chi connectivity index (χ0n) is 21.9. The molecule has 6 aromatic rings. The number of carbonyl (C=O) groups excluding carboxylic acids is 1. The molecular formula is C31H21N5O2S3. The SMILES string of the molecule is CN(C)C(=O)S.N#Cc1ccc(-c2c(-c3cc(-c4c(O)ccc5ncsc45)ccc3C#N)ccc3ncsc23)cc1. The summed E-state index contributed by atoms with van der Waals surface area (Å²) in [6.07, 6.45) is 0. The molecule has 41 heavy (non-hydrogen) atoms. The first-order chi connectivity index (χ1) is 19.8. The third-order valence-corrected chi connectivity index (χ3v) is 8.50. The van der Waals surface area contributed by atoms with Crippen LogP contribution >= 0.6 is 35.3 Å². The Bertz CT molecular complexity index is 2000. The number of hydrogen-bond donors (Lipinski definition) is 2. The topological polar surface area (TPSA) is 114 Å². The highest BCUT2D eigenvalue weighted by atomic mass is 32.1. The second kappa shape index (κ2) is 11.8. The minimum absolute atomic E-state index is 0.169. The molecule has 2 aromatic heterocycles. The Balaban J connectivity index is 0.000000511. The zero-order valence-corrected chi connectivity index (χ0v) is 24.4. The molecule has 1 N–H and O–H groups in total. The van der Waals surface area contributed by atoms with E-state index in [2.05, 4.69) is 34.7 Å². The lowest BCUT2D eigenvalue weighted by atomic mass is 9.89. The van der Waals surface area contributed by atoms with Gasteiger partial charge in [0.2, 0.25) is 0 Å². The van der Waals surface area contributed by atoms with E-state index in [1.54, 1.807) is 61.3 Å². The molecule has 0 spiro atoms. The third kappa shape index (κ3) is 5.49. The fourth-order valence-corrected chi connectivity index (χ4v) is 6.08. The molecule has 0 radical (unpaired) electrons. The number of thiol groups is 1. The van der Waals surface area contributed by atoms with E-state index in [-0.39, 0.29) is 11.0 Å². The van der Waals surface area contributed by atoms with Crippen molar-refractivity contribution in [2.24, 2.45) is 0 Å². The Morgan fingerprint density at radius 3 is 1.98 bits per heavy atom. The number of benzene rings is 4. The lowest BCUT2D eigenvalue weighted by Crippen LogP contribution is -2.13. The summed E-state index contributed by atoms with van der Waals surface area (Å²) in [5.41, 5.74) is 11.4. The fraction of sp³-hybridized carbons (Fsp3) is 0.0645. The first-order valence-electron chi connectivity index (χ1n) is 12.2. The summed E-state index contributed by atoms with van der Waals surface area (Å²) in [7, 11) is 3.30. The molecule has 0 aliphatic carbocycles. The van der Waals surface area contributed by atoms with Gasteiger partial charge in [-0.05, 0) is 59.2 Å². The van der Waals surface area contributed by atoms with Crippen LogP contribution in [0.15, 0.2) is 77.8 Å². The van der Waals surface area contributed by atoms with Crippen molar-refractivity contribution in [1.29, 1.82) is 10.5 Å². The molecule has 0 fully saturated rings. The first kappa shape index (κ1) is 27.8. The molecule has 1 amide bonds. The van der Waals surface area contributed by atoms with Gasteiger partial charge in [-0.2, -0.15) is 10.5 Å². The van der Waals surface area contributed by atoms with Gasteiger partial charge in [-0.1, -0.05) is 36.9 Å². The lowest BCUT2D eigenvalue weighted by Gasteiger charge is -2.15. The van der Waals surface area contributed by atoms with E-state index in [4.69, 9.17) is 0 Å². The smallest absolute Gasteiger partial charge is 0.278 e. The minimum atomic E-state index is -0.213. The predicted molar refractivity (Wildman–Crippen MR) is 168 cm³/mol. The van der Waals surface area contributed by atoms with Gasteiger partial charge < -0.3 is 10.0 Å². The van der Waals surface area contributed by atoms with Gasteiger partial charge in [0.25, 0.3) is 5.24 Å². The molecule has 6 rings (SSSR count). The van der Waals surface area contributed by atoms with Crippen molar-refractivity contribution in [2.75, 3.05) is 14.1 Å². The summed E-state index contributed by atoms with van der Waals surface area (Å²) in [5, 5.41) is 29.8. The van der Waals surface area contributed by atoms with Crippen molar-refractivity contribution < 1.29 is 9.90 Å². The summed E-state index contributed by atoms with van der Waals surface area (Å²) in [6.45, 7) is 0. The Morgan fingerprint density at radius 2 is 1.39 bits per heavy atom. The van der Waals surface area contributed by atoms with Gasteiger partial charge in [0.15, 0.2) is 0 Å². The lowest BCUT2D eigenvalue weighted by molar-refractivity contribution is 0.241. The summed E-state index contributed by atoms with van der Waals surface area (Å²) >= 11 is 6.49. The normalized spacial score (nSPS) is 10.5. The molecule has 7 nitrogen and oxygen atoms in total. The van der Waals surface area contributed by atoms with Crippen molar-refractivity contribution in [1.82, 2.24) is 14.9 Å². The van der Waals surface area contributed by atoms with E-state index < -0.39 is 0 Å². The molecule has 0 bridgehead atoms.